The number of rotatable bonds is 3. The molecule has 0 saturated heterocycles. The van der Waals surface area contributed by atoms with Gasteiger partial charge < -0.3 is 5.32 Å². The average Bonchev–Trinajstić information content (AvgIpc) is 2.98. The topological polar surface area (TPSA) is 29.1 Å². The minimum Gasteiger partial charge on any atom is -0.349 e. The second-order valence-corrected chi connectivity index (χ2v) is 6.22. The lowest BCUT2D eigenvalue weighted by atomic mass is 10.0. The van der Waals surface area contributed by atoms with E-state index in [1.165, 1.54) is 21.9 Å². The number of aryl methyl sites for hydroxylation is 1. The van der Waals surface area contributed by atoms with Crippen LogP contribution in [0.2, 0.25) is 0 Å². The van der Waals surface area contributed by atoms with Crippen molar-refractivity contribution < 1.29 is 4.79 Å². The third kappa shape index (κ3) is 2.85. The van der Waals surface area contributed by atoms with Crippen LogP contribution in [0.15, 0.2) is 66.7 Å². The van der Waals surface area contributed by atoms with Crippen LogP contribution in [0.5, 0.6) is 0 Å². The number of amides is 1. The van der Waals surface area contributed by atoms with Gasteiger partial charge in [-0.2, -0.15) is 0 Å². The Kier molecular flexibility index (Phi) is 3.58. The normalized spacial score (nSPS) is 16.3. The Bertz CT molecular complexity index is 868. The Balaban J connectivity index is 1.47. The van der Waals surface area contributed by atoms with Crippen LogP contribution in [-0.4, -0.2) is 5.91 Å². The molecule has 0 aromatic heterocycles. The molecule has 1 aliphatic rings. The highest BCUT2D eigenvalue weighted by Crippen LogP contribution is 2.30. The van der Waals surface area contributed by atoms with Crippen molar-refractivity contribution in [3.05, 3.63) is 83.4 Å². The predicted octanol–water partition coefficient (Wildman–Crippen LogP) is 4.19. The Labute approximate surface area is 136 Å². The average molecular weight is 301 g/mol. The molecule has 3 aromatic carbocycles. The largest absolute Gasteiger partial charge is 0.349 e. The van der Waals surface area contributed by atoms with Gasteiger partial charge in [-0.25, -0.2) is 0 Å². The van der Waals surface area contributed by atoms with E-state index in [0.29, 0.717) is 6.42 Å². The molecule has 1 unspecified atom stereocenters. The molecule has 1 N–H and O–H groups in total. The molecule has 2 heteroatoms. The van der Waals surface area contributed by atoms with E-state index in [-0.39, 0.29) is 11.9 Å². The lowest BCUT2D eigenvalue weighted by molar-refractivity contribution is -0.121. The van der Waals surface area contributed by atoms with Gasteiger partial charge in [-0.05, 0) is 40.3 Å². The van der Waals surface area contributed by atoms with Crippen LogP contribution in [0.4, 0.5) is 0 Å². The van der Waals surface area contributed by atoms with Crippen molar-refractivity contribution in [3.63, 3.8) is 0 Å². The number of nitrogens with one attached hydrogen (secondary N) is 1. The highest BCUT2D eigenvalue weighted by atomic mass is 16.1. The van der Waals surface area contributed by atoms with Crippen molar-refractivity contribution >= 4 is 16.7 Å². The van der Waals surface area contributed by atoms with Gasteiger partial charge in [0.05, 0.1) is 12.5 Å². The third-order valence-electron chi connectivity index (χ3n) is 4.65. The number of carbonyl (C=O) groups excluding carboxylic acids is 1. The summed E-state index contributed by atoms with van der Waals surface area (Å²) in [5.41, 5.74) is 3.70. The maximum atomic E-state index is 12.4. The zero-order valence-electron chi connectivity index (χ0n) is 13.0. The summed E-state index contributed by atoms with van der Waals surface area (Å²) in [6.07, 6.45) is 2.49. The first-order valence-corrected chi connectivity index (χ1v) is 8.14. The fraction of sp³-hybridized carbons (Fsp3) is 0.190. The maximum absolute atomic E-state index is 12.4. The van der Waals surface area contributed by atoms with Crippen LogP contribution in [0, 0.1) is 0 Å². The van der Waals surface area contributed by atoms with Gasteiger partial charge in [0.25, 0.3) is 0 Å². The van der Waals surface area contributed by atoms with Gasteiger partial charge in [0.2, 0.25) is 5.91 Å². The quantitative estimate of drug-likeness (QED) is 0.772. The summed E-state index contributed by atoms with van der Waals surface area (Å²) in [5.74, 6) is 0.0991. The van der Waals surface area contributed by atoms with Crippen molar-refractivity contribution in [2.75, 3.05) is 0 Å². The Morgan fingerprint density at radius 2 is 1.74 bits per heavy atom. The highest BCUT2D eigenvalue weighted by Gasteiger charge is 2.23. The van der Waals surface area contributed by atoms with Crippen molar-refractivity contribution in [1.82, 2.24) is 5.32 Å². The van der Waals surface area contributed by atoms with E-state index in [2.05, 4.69) is 47.8 Å². The summed E-state index contributed by atoms with van der Waals surface area (Å²) in [5, 5.41) is 5.59. The molecular weight excluding hydrogens is 282 g/mol. The molecule has 1 aliphatic carbocycles. The van der Waals surface area contributed by atoms with Crippen LogP contribution in [0.25, 0.3) is 10.8 Å². The van der Waals surface area contributed by atoms with Crippen LogP contribution in [-0.2, 0) is 17.6 Å². The molecule has 0 saturated carbocycles. The standard InChI is InChI=1S/C21H19NO/c23-21(22-20-12-11-17-6-3-4-8-19(17)20)14-15-9-10-16-5-1-2-7-18(16)13-15/h1-10,13,20H,11-12,14H2,(H,22,23). The van der Waals surface area contributed by atoms with E-state index >= 15 is 0 Å². The SMILES string of the molecule is O=C(Cc1ccc2ccccc2c1)NC1CCc2ccccc21. The molecular formula is C21H19NO. The number of carbonyl (C=O) groups is 1. The molecule has 0 spiro atoms. The Hall–Kier alpha value is -2.61. The predicted molar refractivity (Wildman–Crippen MR) is 93.3 cm³/mol. The Morgan fingerprint density at radius 3 is 2.65 bits per heavy atom. The first-order chi connectivity index (χ1) is 11.3. The Morgan fingerprint density at radius 1 is 0.957 bits per heavy atom. The van der Waals surface area contributed by atoms with Crippen molar-refractivity contribution in [2.45, 2.75) is 25.3 Å². The maximum Gasteiger partial charge on any atom is 0.224 e. The first-order valence-electron chi connectivity index (χ1n) is 8.14. The molecule has 0 radical (unpaired) electrons. The van der Waals surface area contributed by atoms with E-state index in [1.54, 1.807) is 0 Å². The molecule has 0 aliphatic heterocycles. The third-order valence-corrected chi connectivity index (χ3v) is 4.65. The van der Waals surface area contributed by atoms with E-state index in [1.807, 2.05) is 24.3 Å². The minimum atomic E-state index is 0.0991. The lowest BCUT2D eigenvalue weighted by Gasteiger charge is -2.14. The molecule has 114 valence electrons. The zero-order valence-corrected chi connectivity index (χ0v) is 13.0. The second-order valence-electron chi connectivity index (χ2n) is 6.22. The number of hydrogen-bond donors (Lipinski definition) is 1. The molecule has 23 heavy (non-hydrogen) atoms. The molecule has 1 amide bonds. The van der Waals surface area contributed by atoms with Crippen molar-refractivity contribution in [2.24, 2.45) is 0 Å². The second kappa shape index (κ2) is 5.88. The summed E-state index contributed by atoms with van der Waals surface area (Å²) in [6.45, 7) is 0. The number of hydrogen-bond acceptors (Lipinski definition) is 1. The first kappa shape index (κ1) is 14.0. The van der Waals surface area contributed by atoms with E-state index < -0.39 is 0 Å². The monoisotopic (exact) mass is 301 g/mol. The molecule has 0 bridgehead atoms. The summed E-state index contributed by atoms with van der Waals surface area (Å²) in [4.78, 5) is 12.4. The summed E-state index contributed by atoms with van der Waals surface area (Å²) in [7, 11) is 0. The van der Waals surface area contributed by atoms with Crippen molar-refractivity contribution in [3.8, 4) is 0 Å². The highest BCUT2D eigenvalue weighted by molar-refractivity contribution is 5.85. The van der Waals surface area contributed by atoms with Gasteiger partial charge in [-0.15, -0.1) is 0 Å². The molecule has 3 aromatic rings. The zero-order chi connectivity index (χ0) is 15.6. The van der Waals surface area contributed by atoms with E-state index in [4.69, 9.17) is 0 Å². The van der Waals surface area contributed by atoms with Gasteiger partial charge in [0.1, 0.15) is 0 Å². The van der Waals surface area contributed by atoms with Crippen LogP contribution < -0.4 is 5.32 Å². The van der Waals surface area contributed by atoms with Gasteiger partial charge >= 0.3 is 0 Å². The molecule has 2 nitrogen and oxygen atoms in total. The summed E-state index contributed by atoms with van der Waals surface area (Å²) >= 11 is 0. The van der Waals surface area contributed by atoms with Crippen LogP contribution >= 0.6 is 0 Å². The smallest absolute Gasteiger partial charge is 0.224 e. The summed E-state index contributed by atoms with van der Waals surface area (Å²) < 4.78 is 0. The van der Waals surface area contributed by atoms with E-state index in [9.17, 15) is 4.79 Å². The molecule has 0 fully saturated rings. The van der Waals surface area contributed by atoms with Crippen LogP contribution in [0.3, 0.4) is 0 Å². The number of benzene rings is 3. The van der Waals surface area contributed by atoms with Gasteiger partial charge in [-0.3, -0.25) is 4.79 Å². The van der Waals surface area contributed by atoms with Gasteiger partial charge in [0.15, 0.2) is 0 Å². The van der Waals surface area contributed by atoms with Crippen molar-refractivity contribution in [1.29, 1.82) is 0 Å². The molecule has 0 heterocycles. The number of fused-ring (bicyclic) bond motifs is 2. The lowest BCUT2D eigenvalue weighted by Crippen LogP contribution is -2.28. The van der Waals surface area contributed by atoms with Gasteiger partial charge in [-0.1, -0.05) is 66.7 Å². The van der Waals surface area contributed by atoms with E-state index in [0.717, 1.165) is 18.4 Å². The van der Waals surface area contributed by atoms with Gasteiger partial charge in [0, 0.05) is 0 Å². The fourth-order valence-electron chi connectivity index (χ4n) is 3.49. The van der Waals surface area contributed by atoms with Crippen LogP contribution in [0.1, 0.15) is 29.2 Å². The summed E-state index contributed by atoms with van der Waals surface area (Å²) in [6, 6.07) is 23.1. The fourth-order valence-corrected chi connectivity index (χ4v) is 3.49. The molecule has 1 atom stereocenters. The minimum absolute atomic E-state index is 0.0991. The molecule has 4 rings (SSSR count).